The van der Waals surface area contributed by atoms with E-state index in [9.17, 15) is 4.79 Å². The molecule has 2 fully saturated rings. The van der Waals surface area contributed by atoms with Crippen LogP contribution in [-0.4, -0.2) is 72.5 Å². The first-order valence-corrected chi connectivity index (χ1v) is 6.69. The Morgan fingerprint density at radius 1 is 1.24 bits per heavy atom. The third kappa shape index (κ3) is 2.63. The molecule has 2 aliphatic heterocycles. The molecule has 0 spiro atoms. The van der Waals surface area contributed by atoms with E-state index in [0.29, 0.717) is 24.7 Å². The Kier molecular flexibility index (Phi) is 3.73. The van der Waals surface area contributed by atoms with Crippen LogP contribution in [0.2, 0.25) is 0 Å². The molecule has 2 saturated heterocycles. The number of nitrogens with zero attached hydrogens (tertiary/aromatic N) is 3. The van der Waals surface area contributed by atoms with Gasteiger partial charge in [0.1, 0.15) is 0 Å². The van der Waals surface area contributed by atoms with Gasteiger partial charge >= 0.3 is 0 Å². The summed E-state index contributed by atoms with van der Waals surface area (Å²) in [5.41, 5.74) is 0. The second-order valence-electron chi connectivity index (χ2n) is 5.96. The molecule has 2 aliphatic rings. The molecule has 98 valence electrons. The van der Waals surface area contributed by atoms with Gasteiger partial charge in [-0.1, -0.05) is 0 Å². The Hall–Kier alpha value is -0.610. The van der Waals surface area contributed by atoms with E-state index >= 15 is 0 Å². The molecule has 0 N–H and O–H groups in total. The molecule has 2 unspecified atom stereocenters. The Morgan fingerprint density at radius 3 is 2.18 bits per heavy atom. The van der Waals surface area contributed by atoms with Crippen LogP contribution in [0.5, 0.6) is 0 Å². The van der Waals surface area contributed by atoms with Crippen molar-refractivity contribution in [3.63, 3.8) is 0 Å². The summed E-state index contributed by atoms with van der Waals surface area (Å²) in [6.45, 7) is 6.94. The summed E-state index contributed by atoms with van der Waals surface area (Å²) in [4.78, 5) is 18.7. The molecule has 4 heteroatoms. The maximum Gasteiger partial charge on any atom is 0.236 e. The Bertz CT molecular complexity index is 276. The van der Waals surface area contributed by atoms with Crippen LogP contribution < -0.4 is 0 Å². The first-order valence-electron chi connectivity index (χ1n) is 6.69. The van der Waals surface area contributed by atoms with E-state index < -0.39 is 0 Å². The van der Waals surface area contributed by atoms with Crippen LogP contribution in [0.1, 0.15) is 26.7 Å². The van der Waals surface area contributed by atoms with E-state index in [1.54, 1.807) is 0 Å². The number of rotatable bonds is 3. The number of fused-ring (bicyclic) bond motifs is 2. The van der Waals surface area contributed by atoms with Crippen molar-refractivity contribution < 1.29 is 4.79 Å². The van der Waals surface area contributed by atoms with Crippen molar-refractivity contribution in [2.75, 3.05) is 33.7 Å². The fraction of sp³-hybridized carbons (Fsp3) is 0.923. The predicted molar refractivity (Wildman–Crippen MR) is 68.9 cm³/mol. The van der Waals surface area contributed by atoms with Crippen LogP contribution in [-0.2, 0) is 4.79 Å². The lowest BCUT2D eigenvalue weighted by Gasteiger charge is -2.43. The number of hydrogen-bond donors (Lipinski definition) is 0. The van der Waals surface area contributed by atoms with Gasteiger partial charge in [-0.2, -0.15) is 0 Å². The van der Waals surface area contributed by atoms with Gasteiger partial charge in [-0.15, -0.1) is 0 Å². The number of hydrogen-bond acceptors (Lipinski definition) is 3. The lowest BCUT2D eigenvalue weighted by atomic mass is 10.1. The van der Waals surface area contributed by atoms with Crippen LogP contribution in [0, 0.1) is 0 Å². The zero-order valence-electron chi connectivity index (χ0n) is 11.5. The molecular formula is C13H25N3O. The van der Waals surface area contributed by atoms with E-state index in [-0.39, 0.29) is 5.91 Å². The second kappa shape index (κ2) is 4.94. The Labute approximate surface area is 105 Å². The fourth-order valence-corrected chi connectivity index (χ4v) is 3.35. The highest BCUT2D eigenvalue weighted by molar-refractivity contribution is 5.78. The number of amides is 1. The summed E-state index contributed by atoms with van der Waals surface area (Å²) in [6, 6.07) is 1.80. The largest absolute Gasteiger partial charge is 0.338 e. The molecule has 0 aromatic carbocycles. The maximum atomic E-state index is 12.1. The summed E-state index contributed by atoms with van der Waals surface area (Å²) in [5.74, 6) is 0.287. The minimum Gasteiger partial charge on any atom is -0.338 e. The second-order valence-corrected chi connectivity index (χ2v) is 5.96. The third-order valence-corrected chi connectivity index (χ3v) is 3.94. The molecule has 1 amide bonds. The molecule has 17 heavy (non-hydrogen) atoms. The number of carbonyl (C=O) groups is 1. The quantitative estimate of drug-likeness (QED) is 0.723. The van der Waals surface area contributed by atoms with Crippen molar-refractivity contribution >= 4 is 5.91 Å². The number of carbonyl (C=O) groups excluding carboxylic acids is 1. The highest BCUT2D eigenvalue weighted by atomic mass is 16.2. The summed E-state index contributed by atoms with van der Waals surface area (Å²) in [7, 11) is 3.91. The smallest absolute Gasteiger partial charge is 0.236 e. The van der Waals surface area contributed by atoms with Crippen molar-refractivity contribution in [3.8, 4) is 0 Å². The highest BCUT2D eigenvalue weighted by Crippen LogP contribution is 2.31. The van der Waals surface area contributed by atoms with Crippen LogP contribution in [0.25, 0.3) is 0 Å². The zero-order chi connectivity index (χ0) is 12.6. The molecule has 2 heterocycles. The van der Waals surface area contributed by atoms with Crippen LogP contribution in [0.15, 0.2) is 0 Å². The minimum absolute atomic E-state index is 0.287. The number of likely N-dealkylation sites (tertiary alicyclic amines) is 1. The van der Waals surface area contributed by atoms with Gasteiger partial charge in [-0.05, 0) is 40.8 Å². The standard InChI is InChI=1S/C13H25N3O/c1-10(2)16-11-5-6-12(16)8-15(7-11)13(17)9-14(3)4/h10-12H,5-9H2,1-4H3. The maximum absolute atomic E-state index is 12.1. The third-order valence-electron chi connectivity index (χ3n) is 3.94. The van der Waals surface area contributed by atoms with E-state index in [4.69, 9.17) is 0 Å². The van der Waals surface area contributed by atoms with Gasteiger partial charge in [-0.25, -0.2) is 0 Å². The van der Waals surface area contributed by atoms with Crippen molar-refractivity contribution in [2.24, 2.45) is 0 Å². The van der Waals surface area contributed by atoms with Gasteiger partial charge in [0.2, 0.25) is 5.91 Å². The van der Waals surface area contributed by atoms with Gasteiger partial charge in [0.05, 0.1) is 6.54 Å². The average molecular weight is 239 g/mol. The summed E-state index contributed by atoms with van der Waals surface area (Å²) in [6.07, 6.45) is 2.52. The number of likely N-dealkylation sites (N-methyl/N-ethyl adjacent to an activating group) is 1. The molecule has 2 atom stereocenters. The average Bonchev–Trinajstić information content (AvgIpc) is 2.49. The molecular weight excluding hydrogens is 214 g/mol. The van der Waals surface area contributed by atoms with Gasteiger partial charge in [0.15, 0.2) is 0 Å². The van der Waals surface area contributed by atoms with Gasteiger partial charge in [0, 0.05) is 31.2 Å². The van der Waals surface area contributed by atoms with Crippen molar-refractivity contribution in [1.29, 1.82) is 0 Å². The van der Waals surface area contributed by atoms with Gasteiger partial charge in [0.25, 0.3) is 0 Å². The van der Waals surface area contributed by atoms with E-state index in [2.05, 4.69) is 23.6 Å². The van der Waals surface area contributed by atoms with E-state index in [1.165, 1.54) is 12.8 Å². The summed E-state index contributed by atoms with van der Waals surface area (Å²) < 4.78 is 0. The normalized spacial score (nSPS) is 29.4. The van der Waals surface area contributed by atoms with Crippen LogP contribution in [0.3, 0.4) is 0 Å². The Balaban J connectivity index is 1.97. The van der Waals surface area contributed by atoms with E-state index in [1.807, 2.05) is 19.0 Å². The SMILES string of the molecule is CC(C)N1C2CCC1CN(C(=O)CN(C)C)C2. The predicted octanol–water partition coefficient (Wildman–Crippen LogP) is 0.632. The molecule has 0 aliphatic carbocycles. The van der Waals surface area contributed by atoms with Gasteiger partial charge in [-0.3, -0.25) is 9.69 Å². The molecule has 0 aromatic rings. The molecule has 0 aromatic heterocycles. The van der Waals surface area contributed by atoms with Crippen molar-refractivity contribution in [3.05, 3.63) is 0 Å². The number of piperazine rings is 1. The van der Waals surface area contributed by atoms with Crippen LogP contribution >= 0.6 is 0 Å². The lowest BCUT2D eigenvalue weighted by Crippen LogP contribution is -2.58. The Morgan fingerprint density at radius 2 is 1.76 bits per heavy atom. The molecule has 0 saturated carbocycles. The van der Waals surface area contributed by atoms with Gasteiger partial charge < -0.3 is 9.80 Å². The fourth-order valence-electron chi connectivity index (χ4n) is 3.35. The molecule has 2 rings (SSSR count). The monoisotopic (exact) mass is 239 g/mol. The molecule has 4 nitrogen and oxygen atoms in total. The highest BCUT2D eigenvalue weighted by Gasteiger charge is 2.42. The first-order chi connectivity index (χ1) is 7.99. The van der Waals surface area contributed by atoms with Crippen LogP contribution in [0.4, 0.5) is 0 Å². The minimum atomic E-state index is 0.287. The lowest BCUT2D eigenvalue weighted by molar-refractivity contribution is -0.135. The summed E-state index contributed by atoms with van der Waals surface area (Å²) >= 11 is 0. The first kappa shape index (κ1) is 12.8. The van der Waals surface area contributed by atoms with Crippen molar-refractivity contribution in [1.82, 2.24) is 14.7 Å². The zero-order valence-corrected chi connectivity index (χ0v) is 11.5. The van der Waals surface area contributed by atoms with E-state index in [0.717, 1.165) is 13.1 Å². The molecule has 2 bridgehead atoms. The molecule has 0 radical (unpaired) electrons. The van der Waals surface area contributed by atoms with Crippen molar-refractivity contribution in [2.45, 2.75) is 44.8 Å². The topological polar surface area (TPSA) is 26.8 Å². The summed E-state index contributed by atoms with van der Waals surface area (Å²) in [5, 5.41) is 0.